The molecule has 0 heterocycles. The maximum absolute atomic E-state index is 12.3. The van der Waals surface area contributed by atoms with Gasteiger partial charge in [-0.1, -0.05) is 13.3 Å². The lowest BCUT2D eigenvalue weighted by Gasteiger charge is -2.63. The highest BCUT2D eigenvalue weighted by molar-refractivity contribution is 5.84. The Balaban J connectivity index is 1.75. The van der Waals surface area contributed by atoms with Crippen LogP contribution in [0.3, 0.4) is 0 Å². The highest BCUT2D eigenvalue weighted by atomic mass is 16.4. The summed E-state index contributed by atoms with van der Waals surface area (Å²) in [6.45, 7) is 4.35. The summed E-state index contributed by atoms with van der Waals surface area (Å²) in [7, 11) is 0. The minimum absolute atomic E-state index is 0.124. The molecule has 0 aliphatic heterocycles. The van der Waals surface area contributed by atoms with E-state index in [1.54, 1.807) is 0 Å². The van der Waals surface area contributed by atoms with Crippen molar-refractivity contribution in [3.05, 3.63) is 0 Å². The second-order valence-corrected chi connectivity index (χ2v) is 9.21. The third-order valence-electron chi connectivity index (χ3n) is 8.37. The molecule has 0 unspecified atom stereocenters. The van der Waals surface area contributed by atoms with Gasteiger partial charge in [-0.15, -0.1) is 0 Å². The number of aliphatic carboxylic acids is 1. The van der Waals surface area contributed by atoms with Gasteiger partial charge in [0.2, 0.25) is 0 Å². The number of hydrogen-bond donors (Lipinski definition) is 1. The average molecular weight is 304 g/mol. The first-order valence-electron chi connectivity index (χ1n) is 9.08. The van der Waals surface area contributed by atoms with Crippen LogP contribution in [-0.2, 0) is 9.59 Å². The van der Waals surface area contributed by atoms with Crippen molar-refractivity contribution in [1.82, 2.24) is 0 Å². The predicted molar refractivity (Wildman–Crippen MR) is 83.3 cm³/mol. The summed E-state index contributed by atoms with van der Waals surface area (Å²) < 4.78 is 0. The Morgan fingerprint density at radius 3 is 2.59 bits per heavy atom. The number of rotatable bonds is 1. The van der Waals surface area contributed by atoms with Crippen molar-refractivity contribution >= 4 is 11.8 Å². The number of carboxylic acids is 1. The van der Waals surface area contributed by atoms with Crippen molar-refractivity contribution < 1.29 is 14.7 Å². The lowest BCUT2D eigenvalue weighted by Crippen LogP contribution is -2.58. The lowest BCUT2D eigenvalue weighted by atomic mass is 9.41. The van der Waals surface area contributed by atoms with Gasteiger partial charge in [0.15, 0.2) is 0 Å². The molecule has 2 bridgehead atoms. The van der Waals surface area contributed by atoms with Crippen LogP contribution in [0.5, 0.6) is 0 Å². The SMILES string of the molecule is C[C@@]12CCC[C@](C)(C(=O)O)[C@@H]1CC[C@@]13CC(=O)[C@@H](CC[C@@H]12)C3. The Hall–Kier alpha value is -0.860. The van der Waals surface area contributed by atoms with Gasteiger partial charge in [0, 0.05) is 12.3 Å². The van der Waals surface area contributed by atoms with E-state index >= 15 is 0 Å². The molecule has 4 aliphatic rings. The molecule has 4 fully saturated rings. The zero-order valence-corrected chi connectivity index (χ0v) is 13.9. The number of carbonyl (C=O) groups excluding carboxylic acids is 1. The van der Waals surface area contributed by atoms with Crippen LogP contribution in [0, 0.1) is 34.0 Å². The van der Waals surface area contributed by atoms with Crippen molar-refractivity contribution in [1.29, 1.82) is 0 Å². The second-order valence-electron chi connectivity index (χ2n) is 9.21. The summed E-state index contributed by atoms with van der Waals surface area (Å²) in [6.07, 6.45) is 9.20. The van der Waals surface area contributed by atoms with E-state index in [1.807, 2.05) is 6.92 Å². The van der Waals surface area contributed by atoms with Crippen LogP contribution in [0.2, 0.25) is 0 Å². The van der Waals surface area contributed by atoms with E-state index in [4.69, 9.17) is 0 Å². The molecule has 4 saturated carbocycles. The molecule has 0 aromatic heterocycles. The molecule has 3 nitrogen and oxygen atoms in total. The van der Waals surface area contributed by atoms with Crippen LogP contribution in [0.4, 0.5) is 0 Å². The molecule has 122 valence electrons. The molecular formula is C19H28O3. The molecule has 0 saturated heterocycles. The lowest BCUT2D eigenvalue weighted by molar-refractivity contribution is -0.181. The Labute approximate surface area is 132 Å². The fourth-order valence-corrected chi connectivity index (χ4v) is 7.43. The minimum Gasteiger partial charge on any atom is -0.481 e. The number of Topliss-reactive ketones (excluding diaryl/α,β-unsaturated/α-hetero) is 1. The van der Waals surface area contributed by atoms with Gasteiger partial charge in [-0.25, -0.2) is 0 Å². The first-order valence-corrected chi connectivity index (χ1v) is 9.08. The van der Waals surface area contributed by atoms with E-state index in [1.165, 1.54) is 0 Å². The van der Waals surface area contributed by atoms with Crippen LogP contribution in [0.15, 0.2) is 0 Å². The van der Waals surface area contributed by atoms with Crippen molar-refractivity contribution in [3.63, 3.8) is 0 Å². The molecule has 0 radical (unpaired) electrons. The van der Waals surface area contributed by atoms with Crippen molar-refractivity contribution in [2.45, 2.75) is 71.6 Å². The molecular weight excluding hydrogens is 276 g/mol. The summed E-state index contributed by atoms with van der Waals surface area (Å²) in [5, 5.41) is 9.86. The number of hydrogen-bond acceptors (Lipinski definition) is 2. The van der Waals surface area contributed by atoms with Gasteiger partial charge in [0.25, 0.3) is 0 Å². The first-order chi connectivity index (χ1) is 10.3. The zero-order chi connectivity index (χ0) is 15.8. The fraction of sp³-hybridized carbons (Fsp3) is 0.895. The van der Waals surface area contributed by atoms with Crippen molar-refractivity contribution in [2.75, 3.05) is 0 Å². The van der Waals surface area contributed by atoms with Crippen LogP contribution in [0.1, 0.15) is 71.6 Å². The fourth-order valence-electron chi connectivity index (χ4n) is 7.43. The maximum Gasteiger partial charge on any atom is 0.309 e. The Kier molecular flexibility index (Phi) is 2.92. The highest BCUT2D eigenvalue weighted by Gasteiger charge is 2.65. The van der Waals surface area contributed by atoms with Crippen molar-refractivity contribution in [3.8, 4) is 0 Å². The Bertz CT molecular complexity index is 541. The van der Waals surface area contributed by atoms with Crippen LogP contribution < -0.4 is 0 Å². The second kappa shape index (κ2) is 4.36. The Morgan fingerprint density at radius 1 is 1.09 bits per heavy atom. The van der Waals surface area contributed by atoms with Gasteiger partial charge in [0.1, 0.15) is 5.78 Å². The van der Waals surface area contributed by atoms with Gasteiger partial charge in [-0.05, 0) is 74.5 Å². The van der Waals surface area contributed by atoms with Crippen molar-refractivity contribution in [2.24, 2.45) is 34.0 Å². The van der Waals surface area contributed by atoms with Gasteiger partial charge in [-0.2, -0.15) is 0 Å². The van der Waals surface area contributed by atoms with E-state index in [0.717, 1.165) is 57.8 Å². The van der Waals surface area contributed by atoms with Gasteiger partial charge >= 0.3 is 5.97 Å². The van der Waals surface area contributed by atoms with Crippen LogP contribution in [-0.4, -0.2) is 16.9 Å². The number of carbonyl (C=O) groups is 2. The third-order valence-corrected chi connectivity index (χ3v) is 8.37. The summed E-state index contributed by atoms with van der Waals surface area (Å²) in [6, 6.07) is 0. The molecule has 4 rings (SSSR count). The van der Waals surface area contributed by atoms with Crippen LogP contribution >= 0.6 is 0 Å². The number of fused-ring (bicyclic) bond motifs is 3. The standard InChI is InChI=1S/C19H28O3/c1-17-7-3-8-18(2,16(21)22)14(17)6-9-19-10-12(13(20)11-19)4-5-15(17)19/h12,14-15H,3-11H2,1-2H3,(H,21,22)/t12-,14+,15+,17+,18-,19+/m0/s1. The molecule has 0 aromatic carbocycles. The highest BCUT2D eigenvalue weighted by Crippen LogP contribution is 2.70. The number of carboxylic acid groups (broad SMARTS) is 1. The molecule has 0 aromatic rings. The summed E-state index contributed by atoms with van der Waals surface area (Å²) in [5.74, 6) is 1.08. The zero-order valence-electron chi connectivity index (χ0n) is 13.9. The van der Waals surface area contributed by atoms with E-state index < -0.39 is 11.4 Å². The summed E-state index contributed by atoms with van der Waals surface area (Å²) in [4.78, 5) is 24.3. The molecule has 1 N–H and O–H groups in total. The van der Waals surface area contributed by atoms with Crippen LogP contribution in [0.25, 0.3) is 0 Å². The minimum atomic E-state index is -0.601. The predicted octanol–water partition coefficient (Wildman–Crippen LogP) is 4.05. The van der Waals surface area contributed by atoms with E-state index in [0.29, 0.717) is 17.6 Å². The van der Waals surface area contributed by atoms with Gasteiger partial charge in [0.05, 0.1) is 5.41 Å². The topological polar surface area (TPSA) is 54.4 Å². The van der Waals surface area contributed by atoms with Gasteiger partial charge < -0.3 is 5.11 Å². The molecule has 22 heavy (non-hydrogen) atoms. The quantitative estimate of drug-likeness (QED) is 0.795. The summed E-state index contributed by atoms with van der Waals surface area (Å²) in [5.41, 5.74) is -0.213. The third kappa shape index (κ3) is 1.63. The molecule has 1 spiro atoms. The average Bonchev–Trinajstić information content (AvgIpc) is 2.68. The number of ketones is 1. The molecule has 6 atom stereocenters. The first kappa shape index (κ1) is 14.7. The molecule has 4 aliphatic carbocycles. The smallest absolute Gasteiger partial charge is 0.309 e. The van der Waals surface area contributed by atoms with Gasteiger partial charge in [-0.3, -0.25) is 9.59 Å². The normalized spacial score (nSPS) is 53.7. The maximum atomic E-state index is 12.3. The van der Waals surface area contributed by atoms with E-state index in [9.17, 15) is 14.7 Å². The molecule has 0 amide bonds. The molecule has 3 heteroatoms. The van der Waals surface area contributed by atoms with E-state index in [-0.39, 0.29) is 16.7 Å². The monoisotopic (exact) mass is 304 g/mol. The largest absolute Gasteiger partial charge is 0.481 e. The van der Waals surface area contributed by atoms with E-state index in [2.05, 4.69) is 6.92 Å². The Morgan fingerprint density at radius 2 is 1.86 bits per heavy atom. The summed E-state index contributed by atoms with van der Waals surface area (Å²) >= 11 is 0.